The summed E-state index contributed by atoms with van der Waals surface area (Å²) in [5, 5.41) is 17.0. The molecule has 0 aliphatic heterocycles. The van der Waals surface area contributed by atoms with Crippen LogP contribution < -0.4 is 20.2 Å². The van der Waals surface area contributed by atoms with Crippen LogP contribution in [0.1, 0.15) is 5.56 Å². The first-order valence-corrected chi connectivity index (χ1v) is 7.15. The molecule has 23 heavy (non-hydrogen) atoms. The van der Waals surface area contributed by atoms with Gasteiger partial charge in [0.2, 0.25) is 0 Å². The minimum absolute atomic E-state index is 0.0972. The fourth-order valence-electron chi connectivity index (χ4n) is 1.82. The lowest BCUT2D eigenvalue weighted by atomic mass is 10.2. The van der Waals surface area contributed by atoms with Crippen molar-refractivity contribution in [1.29, 1.82) is 0 Å². The summed E-state index contributed by atoms with van der Waals surface area (Å²) in [5.74, 6) is 1.39. The molecule has 0 aromatic heterocycles. The number of phenols is 1. The maximum Gasteiger partial charge on any atom is 0.191 e. The average Bonchev–Trinajstić information content (AvgIpc) is 2.57. The van der Waals surface area contributed by atoms with Crippen molar-refractivity contribution in [3.63, 3.8) is 0 Å². The van der Waals surface area contributed by atoms with Gasteiger partial charge < -0.3 is 19.9 Å². The van der Waals surface area contributed by atoms with Gasteiger partial charge in [0.05, 0.1) is 26.1 Å². The van der Waals surface area contributed by atoms with Gasteiger partial charge in [0.1, 0.15) is 17.2 Å². The van der Waals surface area contributed by atoms with Gasteiger partial charge in [-0.25, -0.2) is 0 Å². The van der Waals surface area contributed by atoms with Crippen LogP contribution >= 0.6 is 12.2 Å². The van der Waals surface area contributed by atoms with Gasteiger partial charge in [0.25, 0.3) is 0 Å². The van der Waals surface area contributed by atoms with Gasteiger partial charge in [-0.2, -0.15) is 5.10 Å². The second kappa shape index (κ2) is 8.00. The highest BCUT2D eigenvalue weighted by Gasteiger charge is 2.03. The maximum absolute atomic E-state index is 9.76. The van der Waals surface area contributed by atoms with Crippen LogP contribution in [0.5, 0.6) is 17.2 Å². The van der Waals surface area contributed by atoms with E-state index in [2.05, 4.69) is 15.8 Å². The van der Waals surface area contributed by atoms with E-state index in [0.29, 0.717) is 22.2 Å². The molecular weight excluding hydrogens is 314 g/mol. The Morgan fingerprint density at radius 2 is 1.96 bits per heavy atom. The molecule has 0 bridgehead atoms. The van der Waals surface area contributed by atoms with E-state index in [0.717, 1.165) is 5.69 Å². The first-order chi connectivity index (χ1) is 11.1. The lowest BCUT2D eigenvalue weighted by Gasteiger charge is -2.10. The summed E-state index contributed by atoms with van der Waals surface area (Å²) in [6.07, 6.45) is 1.45. The predicted molar refractivity (Wildman–Crippen MR) is 94.6 cm³/mol. The van der Waals surface area contributed by atoms with Gasteiger partial charge in [-0.1, -0.05) is 12.1 Å². The molecule has 0 unspecified atom stereocenters. The molecule has 0 aliphatic carbocycles. The van der Waals surface area contributed by atoms with Crippen molar-refractivity contribution >= 4 is 29.2 Å². The molecule has 0 amide bonds. The summed E-state index contributed by atoms with van der Waals surface area (Å²) in [6.45, 7) is 0. The zero-order valence-corrected chi connectivity index (χ0v) is 13.6. The third-order valence-electron chi connectivity index (χ3n) is 2.96. The van der Waals surface area contributed by atoms with Crippen molar-refractivity contribution in [3.05, 3.63) is 48.0 Å². The number of benzene rings is 2. The summed E-state index contributed by atoms with van der Waals surface area (Å²) >= 11 is 5.16. The lowest BCUT2D eigenvalue weighted by molar-refractivity contribution is 0.412. The number of nitrogens with one attached hydrogen (secondary N) is 2. The molecule has 0 saturated heterocycles. The predicted octanol–water partition coefficient (Wildman–Crippen LogP) is 2.73. The van der Waals surface area contributed by atoms with Crippen LogP contribution in [0.15, 0.2) is 47.6 Å². The second-order valence-electron chi connectivity index (χ2n) is 4.45. The summed E-state index contributed by atoms with van der Waals surface area (Å²) in [7, 11) is 3.14. The van der Waals surface area contributed by atoms with E-state index in [1.807, 2.05) is 24.3 Å². The SMILES string of the molecule is COc1ccc(O)c(/C=N/NC(=S)Nc2ccccc2OC)c1. The molecule has 0 aliphatic rings. The van der Waals surface area contributed by atoms with E-state index in [9.17, 15) is 5.11 Å². The standard InChI is InChI=1S/C16H17N3O3S/c1-21-12-7-8-14(20)11(9-12)10-17-19-16(23)18-13-5-3-4-6-15(13)22-2/h3-10,20H,1-2H3,(H2,18,19,23)/b17-10+. The summed E-state index contributed by atoms with van der Waals surface area (Å²) in [4.78, 5) is 0. The number of phenolic OH excluding ortho intramolecular Hbond substituents is 1. The number of hydrogen-bond donors (Lipinski definition) is 3. The Labute approximate surface area is 139 Å². The first kappa shape index (κ1) is 16.6. The third-order valence-corrected chi connectivity index (χ3v) is 3.15. The van der Waals surface area contributed by atoms with E-state index >= 15 is 0 Å². The summed E-state index contributed by atoms with van der Waals surface area (Å²) in [6, 6.07) is 12.2. The number of ether oxygens (including phenoxy) is 2. The number of rotatable bonds is 5. The molecule has 0 atom stereocenters. The molecule has 7 heteroatoms. The van der Waals surface area contributed by atoms with Crippen LogP contribution in [0.2, 0.25) is 0 Å². The molecular formula is C16H17N3O3S. The Kier molecular flexibility index (Phi) is 5.76. The van der Waals surface area contributed by atoms with Crippen molar-refractivity contribution in [3.8, 4) is 17.2 Å². The molecule has 2 rings (SSSR count). The van der Waals surface area contributed by atoms with E-state index in [-0.39, 0.29) is 5.75 Å². The van der Waals surface area contributed by atoms with E-state index in [1.165, 1.54) is 12.3 Å². The van der Waals surface area contributed by atoms with Gasteiger partial charge in [-0.15, -0.1) is 0 Å². The van der Waals surface area contributed by atoms with Crippen molar-refractivity contribution in [2.24, 2.45) is 5.10 Å². The number of methoxy groups -OCH3 is 2. The number of hydrazone groups is 1. The Bertz CT molecular complexity index is 719. The molecule has 0 heterocycles. The van der Waals surface area contributed by atoms with Crippen molar-refractivity contribution in [2.45, 2.75) is 0 Å². The quantitative estimate of drug-likeness (QED) is 0.444. The van der Waals surface area contributed by atoms with Crippen LogP contribution in [0, 0.1) is 0 Å². The van der Waals surface area contributed by atoms with Crippen molar-refractivity contribution in [2.75, 3.05) is 19.5 Å². The zero-order valence-electron chi connectivity index (χ0n) is 12.7. The topological polar surface area (TPSA) is 75.1 Å². The summed E-state index contributed by atoms with van der Waals surface area (Å²) < 4.78 is 10.3. The minimum Gasteiger partial charge on any atom is -0.507 e. The minimum atomic E-state index is 0.0972. The largest absolute Gasteiger partial charge is 0.507 e. The molecule has 6 nitrogen and oxygen atoms in total. The Morgan fingerprint density at radius 3 is 2.70 bits per heavy atom. The molecule has 3 N–H and O–H groups in total. The number of anilines is 1. The molecule has 2 aromatic rings. The third kappa shape index (κ3) is 4.58. The fourth-order valence-corrected chi connectivity index (χ4v) is 1.98. The van der Waals surface area contributed by atoms with Gasteiger partial charge >= 0.3 is 0 Å². The number of nitrogens with zero attached hydrogens (tertiary/aromatic N) is 1. The fraction of sp³-hybridized carbons (Fsp3) is 0.125. The number of thiocarbonyl (C=S) groups is 1. The number of aromatic hydroxyl groups is 1. The summed E-state index contributed by atoms with van der Waals surface area (Å²) in [5.41, 5.74) is 3.92. The Balaban J connectivity index is 1.99. The maximum atomic E-state index is 9.76. The van der Waals surface area contributed by atoms with Crippen LogP contribution in [0.3, 0.4) is 0 Å². The van der Waals surface area contributed by atoms with E-state index in [1.54, 1.807) is 26.4 Å². The molecule has 0 spiro atoms. The number of hydrogen-bond acceptors (Lipinski definition) is 5. The average molecular weight is 331 g/mol. The molecule has 0 fully saturated rings. The smallest absolute Gasteiger partial charge is 0.191 e. The number of para-hydroxylation sites is 2. The van der Waals surface area contributed by atoms with Gasteiger partial charge in [-0.05, 0) is 42.5 Å². The normalized spacial score (nSPS) is 10.3. The molecule has 0 radical (unpaired) electrons. The highest BCUT2D eigenvalue weighted by atomic mass is 32.1. The highest BCUT2D eigenvalue weighted by molar-refractivity contribution is 7.80. The second-order valence-corrected chi connectivity index (χ2v) is 4.86. The van der Waals surface area contributed by atoms with E-state index < -0.39 is 0 Å². The first-order valence-electron chi connectivity index (χ1n) is 6.74. The Hall–Kier alpha value is -2.80. The Morgan fingerprint density at radius 1 is 1.17 bits per heavy atom. The van der Waals surface area contributed by atoms with Crippen molar-refractivity contribution in [1.82, 2.24) is 5.43 Å². The van der Waals surface area contributed by atoms with Gasteiger partial charge in [0, 0.05) is 5.56 Å². The molecule has 120 valence electrons. The zero-order chi connectivity index (χ0) is 16.7. The van der Waals surface area contributed by atoms with Crippen LogP contribution in [0.25, 0.3) is 0 Å². The van der Waals surface area contributed by atoms with Crippen LogP contribution in [0.4, 0.5) is 5.69 Å². The van der Waals surface area contributed by atoms with Crippen LogP contribution in [-0.4, -0.2) is 30.7 Å². The lowest BCUT2D eigenvalue weighted by Crippen LogP contribution is -2.24. The molecule has 0 saturated carbocycles. The van der Waals surface area contributed by atoms with Gasteiger partial charge in [-0.3, -0.25) is 5.43 Å². The monoisotopic (exact) mass is 331 g/mol. The molecule has 2 aromatic carbocycles. The van der Waals surface area contributed by atoms with Crippen molar-refractivity contribution < 1.29 is 14.6 Å². The van der Waals surface area contributed by atoms with Crippen LogP contribution in [-0.2, 0) is 0 Å². The van der Waals surface area contributed by atoms with Gasteiger partial charge in [0.15, 0.2) is 5.11 Å². The van der Waals surface area contributed by atoms with E-state index in [4.69, 9.17) is 21.7 Å². The highest BCUT2D eigenvalue weighted by Crippen LogP contribution is 2.23.